The van der Waals surface area contributed by atoms with Gasteiger partial charge in [0.05, 0.1) is 11.7 Å². The molecule has 1 aliphatic rings. The van der Waals surface area contributed by atoms with Crippen molar-refractivity contribution in [3.63, 3.8) is 0 Å². The molecule has 1 heterocycles. The van der Waals surface area contributed by atoms with E-state index in [4.69, 9.17) is 0 Å². The Morgan fingerprint density at radius 2 is 1.67 bits per heavy atom. The highest BCUT2D eigenvalue weighted by Crippen LogP contribution is 2.28. The summed E-state index contributed by atoms with van der Waals surface area (Å²) in [6, 6.07) is 23.1. The molecule has 4 rings (SSSR count). The molecule has 1 aliphatic heterocycles. The van der Waals surface area contributed by atoms with E-state index in [-0.39, 0.29) is 18.0 Å². The minimum Gasteiger partial charge on any atom is -0.333 e. The summed E-state index contributed by atoms with van der Waals surface area (Å²) in [4.78, 5) is 26.9. The van der Waals surface area contributed by atoms with E-state index in [9.17, 15) is 9.59 Å². The zero-order valence-corrected chi connectivity index (χ0v) is 17.2. The lowest BCUT2D eigenvalue weighted by atomic mass is 10.0. The average molecular weight is 399 g/mol. The van der Waals surface area contributed by atoms with Gasteiger partial charge in [-0.05, 0) is 48.7 Å². The Morgan fingerprint density at radius 1 is 0.933 bits per heavy atom. The Hall–Kier alpha value is -3.60. The number of nitrogens with one attached hydrogen (secondary N) is 2. The van der Waals surface area contributed by atoms with E-state index in [1.165, 1.54) is 5.56 Å². The van der Waals surface area contributed by atoms with E-state index < -0.39 is 0 Å². The molecule has 3 aromatic rings. The molecule has 1 saturated heterocycles. The third-order valence-corrected chi connectivity index (χ3v) is 5.52. The maximum atomic E-state index is 12.6. The highest BCUT2D eigenvalue weighted by atomic mass is 16.2. The van der Waals surface area contributed by atoms with Crippen LogP contribution in [-0.2, 0) is 4.79 Å². The van der Waals surface area contributed by atoms with Crippen molar-refractivity contribution in [3.05, 3.63) is 83.9 Å². The van der Waals surface area contributed by atoms with Crippen LogP contribution in [0.3, 0.4) is 0 Å². The number of hydrogen-bond donors (Lipinski definition) is 2. The normalized spacial score (nSPS) is 15.9. The summed E-state index contributed by atoms with van der Waals surface area (Å²) in [5.41, 5.74) is 5.93. The first-order valence-electron chi connectivity index (χ1n) is 10.1. The second-order valence-corrected chi connectivity index (χ2v) is 7.68. The Kier molecular flexibility index (Phi) is 5.53. The first kappa shape index (κ1) is 19.7. The highest BCUT2D eigenvalue weighted by Gasteiger charge is 2.31. The summed E-state index contributed by atoms with van der Waals surface area (Å²) in [5, 5.41) is 5.89. The highest BCUT2D eigenvalue weighted by molar-refractivity contribution is 5.98. The van der Waals surface area contributed by atoms with Crippen LogP contribution in [0, 0.1) is 13.8 Å². The van der Waals surface area contributed by atoms with Gasteiger partial charge in [-0.2, -0.15) is 0 Å². The monoisotopic (exact) mass is 399 g/mol. The van der Waals surface area contributed by atoms with Crippen molar-refractivity contribution < 1.29 is 9.59 Å². The number of amides is 3. The lowest BCUT2D eigenvalue weighted by Crippen LogP contribution is -2.39. The SMILES string of the molecule is Cc1ccc(N2CC(NC(=O)Nc3ccccc3-c3ccccc3)CC2=O)cc1C. The molecule has 0 bridgehead atoms. The van der Waals surface area contributed by atoms with Crippen LogP contribution in [0.15, 0.2) is 72.8 Å². The molecule has 0 saturated carbocycles. The molecule has 0 aliphatic carbocycles. The summed E-state index contributed by atoms with van der Waals surface area (Å²) in [6.07, 6.45) is 0.292. The van der Waals surface area contributed by atoms with Gasteiger partial charge in [-0.1, -0.05) is 54.6 Å². The van der Waals surface area contributed by atoms with Crippen LogP contribution in [0.25, 0.3) is 11.1 Å². The van der Waals surface area contributed by atoms with Crippen molar-refractivity contribution in [3.8, 4) is 11.1 Å². The topological polar surface area (TPSA) is 61.4 Å². The fourth-order valence-corrected chi connectivity index (χ4v) is 3.75. The molecular weight excluding hydrogens is 374 g/mol. The predicted octanol–water partition coefficient (Wildman–Crippen LogP) is 4.90. The van der Waals surface area contributed by atoms with Crippen LogP contribution in [0.4, 0.5) is 16.2 Å². The first-order chi connectivity index (χ1) is 14.5. The van der Waals surface area contributed by atoms with Gasteiger partial charge in [0, 0.05) is 24.2 Å². The fraction of sp³-hybridized carbons (Fsp3) is 0.200. The Labute approximate surface area is 176 Å². The van der Waals surface area contributed by atoms with Crippen LogP contribution in [0.2, 0.25) is 0 Å². The molecule has 1 fully saturated rings. The van der Waals surface area contributed by atoms with Gasteiger partial charge in [-0.3, -0.25) is 4.79 Å². The van der Waals surface area contributed by atoms with Crippen molar-refractivity contribution in [1.29, 1.82) is 0 Å². The third kappa shape index (κ3) is 4.20. The average Bonchev–Trinajstić information content (AvgIpc) is 3.11. The van der Waals surface area contributed by atoms with Gasteiger partial charge in [-0.25, -0.2) is 4.79 Å². The summed E-state index contributed by atoms with van der Waals surface area (Å²) < 4.78 is 0. The van der Waals surface area contributed by atoms with Gasteiger partial charge < -0.3 is 15.5 Å². The minimum absolute atomic E-state index is 0.0215. The second kappa shape index (κ2) is 8.41. The summed E-state index contributed by atoms with van der Waals surface area (Å²) in [6.45, 7) is 4.55. The number of carbonyl (C=O) groups excluding carboxylic acids is 2. The van der Waals surface area contributed by atoms with Gasteiger partial charge in [0.15, 0.2) is 0 Å². The molecule has 5 nitrogen and oxygen atoms in total. The standard InChI is InChI=1S/C25H25N3O2/c1-17-12-13-21(14-18(17)2)28-16-20(15-24(28)29)26-25(30)27-23-11-7-6-10-22(23)19-8-4-3-5-9-19/h3-14,20H,15-16H2,1-2H3,(H2,26,27,30). The van der Waals surface area contributed by atoms with Crippen LogP contribution in [0.5, 0.6) is 0 Å². The Balaban J connectivity index is 1.43. The van der Waals surface area contributed by atoms with Gasteiger partial charge >= 0.3 is 6.03 Å². The van der Waals surface area contributed by atoms with E-state index >= 15 is 0 Å². The number of benzene rings is 3. The van der Waals surface area contributed by atoms with Gasteiger partial charge in [0.25, 0.3) is 0 Å². The summed E-state index contributed by atoms with van der Waals surface area (Å²) in [5.74, 6) is 0.0215. The predicted molar refractivity (Wildman–Crippen MR) is 121 cm³/mol. The molecule has 152 valence electrons. The maximum absolute atomic E-state index is 12.6. The molecule has 2 N–H and O–H groups in total. The Bertz CT molecular complexity index is 1080. The molecule has 1 unspecified atom stereocenters. The lowest BCUT2D eigenvalue weighted by Gasteiger charge is -2.19. The molecular formula is C25H25N3O2. The smallest absolute Gasteiger partial charge is 0.319 e. The van der Waals surface area contributed by atoms with Crippen LogP contribution in [-0.4, -0.2) is 24.5 Å². The number of aryl methyl sites for hydroxylation is 2. The zero-order valence-electron chi connectivity index (χ0n) is 17.2. The number of anilines is 2. The van der Waals surface area contributed by atoms with Crippen LogP contribution < -0.4 is 15.5 Å². The third-order valence-electron chi connectivity index (χ3n) is 5.52. The van der Waals surface area contributed by atoms with E-state index in [2.05, 4.69) is 10.6 Å². The molecule has 0 aromatic heterocycles. The van der Waals surface area contributed by atoms with Crippen molar-refractivity contribution in [2.45, 2.75) is 26.3 Å². The second-order valence-electron chi connectivity index (χ2n) is 7.68. The molecule has 0 radical (unpaired) electrons. The summed E-state index contributed by atoms with van der Waals surface area (Å²) >= 11 is 0. The first-order valence-corrected chi connectivity index (χ1v) is 10.1. The number of rotatable bonds is 4. The quantitative estimate of drug-likeness (QED) is 0.656. The van der Waals surface area contributed by atoms with Crippen LogP contribution in [0.1, 0.15) is 17.5 Å². The number of urea groups is 1. The fourth-order valence-electron chi connectivity index (χ4n) is 3.75. The zero-order chi connectivity index (χ0) is 21.1. The largest absolute Gasteiger partial charge is 0.333 e. The van der Waals surface area contributed by atoms with Gasteiger partial charge in [0.1, 0.15) is 0 Å². The van der Waals surface area contributed by atoms with E-state index in [1.807, 2.05) is 86.6 Å². The molecule has 30 heavy (non-hydrogen) atoms. The molecule has 3 amide bonds. The van der Waals surface area contributed by atoms with Gasteiger partial charge in [-0.15, -0.1) is 0 Å². The van der Waals surface area contributed by atoms with Gasteiger partial charge in [0.2, 0.25) is 5.91 Å². The van der Waals surface area contributed by atoms with Crippen molar-refractivity contribution in [1.82, 2.24) is 5.32 Å². The van der Waals surface area contributed by atoms with Crippen molar-refractivity contribution in [2.24, 2.45) is 0 Å². The van der Waals surface area contributed by atoms with E-state index in [0.717, 1.165) is 28.1 Å². The number of hydrogen-bond acceptors (Lipinski definition) is 2. The van der Waals surface area contributed by atoms with Crippen LogP contribution >= 0.6 is 0 Å². The number of nitrogens with zero attached hydrogens (tertiary/aromatic N) is 1. The molecule has 3 aromatic carbocycles. The molecule has 5 heteroatoms. The number of para-hydroxylation sites is 1. The van der Waals surface area contributed by atoms with E-state index in [0.29, 0.717) is 13.0 Å². The van der Waals surface area contributed by atoms with Crippen molar-refractivity contribution in [2.75, 3.05) is 16.8 Å². The summed E-state index contributed by atoms with van der Waals surface area (Å²) in [7, 11) is 0. The maximum Gasteiger partial charge on any atom is 0.319 e. The van der Waals surface area contributed by atoms with E-state index in [1.54, 1.807) is 4.90 Å². The van der Waals surface area contributed by atoms with Crippen molar-refractivity contribution >= 4 is 23.3 Å². The number of carbonyl (C=O) groups is 2. The lowest BCUT2D eigenvalue weighted by molar-refractivity contribution is -0.117. The molecule has 0 spiro atoms. The Morgan fingerprint density at radius 3 is 2.43 bits per heavy atom. The minimum atomic E-state index is -0.307. The molecule has 1 atom stereocenters.